The topological polar surface area (TPSA) is 49.6 Å². The lowest BCUT2D eigenvalue weighted by Gasteiger charge is -2.13. The van der Waals surface area contributed by atoms with Crippen molar-refractivity contribution in [1.82, 2.24) is 9.97 Å². The zero-order valence-electron chi connectivity index (χ0n) is 13.7. The van der Waals surface area contributed by atoms with Gasteiger partial charge in [0.05, 0.1) is 33.7 Å². The Kier molecular flexibility index (Phi) is 2.42. The molecule has 0 radical (unpaired) electrons. The summed E-state index contributed by atoms with van der Waals surface area (Å²) in [6, 6.07) is 24.7. The average molecular weight is 329 g/mol. The molecule has 1 aromatic heterocycles. The van der Waals surface area contributed by atoms with Crippen molar-refractivity contribution in [3.63, 3.8) is 0 Å². The molecule has 0 unspecified atom stereocenters. The minimum atomic E-state index is 0.600. The number of nitrogens with zero attached hydrogens (tertiary/aromatic N) is 3. The Morgan fingerprint density at radius 2 is 1.27 bits per heavy atom. The minimum Gasteiger partial charge on any atom is -0.244 e. The summed E-state index contributed by atoms with van der Waals surface area (Å²) in [7, 11) is 0. The Bertz CT molecular complexity index is 1540. The molecule has 6 aromatic rings. The second-order valence-corrected chi connectivity index (χ2v) is 6.61. The molecule has 5 aromatic carbocycles. The standard InChI is InChI=1S/C23H11N3/c24-12-13-7-10-18-19(11-13)26-23-17-6-2-4-15-9-8-14-3-1-5-16(22(23)25-18)20(14)21(15)17/h1-11H. The predicted molar refractivity (Wildman–Crippen MR) is 105 cm³/mol. The second-order valence-electron chi connectivity index (χ2n) is 6.61. The first-order valence-electron chi connectivity index (χ1n) is 8.50. The largest absolute Gasteiger partial charge is 0.244 e. The predicted octanol–water partition coefficient (Wildman–Crippen LogP) is 5.55. The molecule has 0 N–H and O–H groups in total. The van der Waals surface area contributed by atoms with Crippen LogP contribution in [-0.4, -0.2) is 9.97 Å². The Balaban J connectivity index is 1.98. The highest BCUT2D eigenvalue weighted by molar-refractivity contribution is 6.32. The summed E-state index contributed by atoms with van der Waals surface area (Å²) in [6.07, 6.45) is 0. The van der Waals surface area contributed by atoms with Crippen LogP contribution in [0.25, 0.3) is 54.4 Å². The quantitative estimate of drug-likeness (QED) is 0.271. The van der Waals surface area contributed by atoms with Gasteiger partial charge >= 0.3 is 0 Å². The fourth-order valence-corrected chi connectivity index (χ4v) is 4.05. The van der Waals surface area contributed by atoms with Crippen LogP contribution in [0.1, 0.15) is 5.56 Å². The normalized spacial score (nSPS) is 11.8. The van der Waals surface area contributed by atoms with Gasteiger partial charge in [0.15, 0.2) is 0 Å². The van der Waals surface area contributed by atoms with E-state index in [0.29, 0.717) is 5.56 Å². The molecule has 26 heavy (non-hydrogen) atoms. The van der Waals surface area contributed by atoms with Gasteiger partial charge in [0.2, 0.25) is 0 Å². The number of fused-ring (bicyclic) bond motifs is 4. The van der Waals surface area contributed by atoms with Crippen LogP contribution in [0, 0.1) is 11.3 Å². The van der Waals surface area contributed by atoms with E-state index in [0.717, 1.165) is 32.8 Å². The number of hydrogen-bond acceptors (Lipinski definition) is 3. The maximum Gasteiger partial charge on any atom is 0.0992 e. The maximum absolute atomic E-state index is 9.19. The van der Waals surface area contributed by atoms with E-state index in [1.165, 1.54) is 21.5 Å². The van der Waals surface area contributed by atoms with E-state index in [9.17, 15) is 5.26 Å². The summed E-state index contributed by atoms with van der Waals surface area (Å²) in [6.45, 7) is 0. The first-order valence-corrected chi connectivity index (χ1v) is 8.50. The third kappa shape index (κ3) is 1.61. The van der Waals surface area contributed by atoms with Gasteiger partial charge in [0.1, 0.15) is 0 Å². The van der Waals surface area contributed by atoms with Crippen molar-refractivity contribution in [2.45, 2.75) is 0 Å². The van der Waals surface area contributed by atoms with Gasteiger partial charge in [-0.3, -0.25) is 0 Å². The average Bonchev–Trinajstić information content (AvgIpc) is 2.71. The molecule has 0 aliphatic carbocycles. The highest BCUT2D eigenvalue weighted by Gasteiger charge is 2.15. The van der Waals surface area contributed by atoms with Crippen LogP contribution in [0.15, 0.2) is 66.7 Å². The van der Waals surface area contributed by atoms with E-state index < -0.39 is 0 Å². The smallest absolute Gasteiger partial charge is 0.0992 e. The molecule has 1 heterocycles. The van der Waals surface area contributed by atoms with E-state index in [1.807, 2.05) is 12.1 Å². The molecule has 0 aliphatic heterocycles. The van der Waals surface area contributed by atoms with Crippen molar-refractivity contribution in [3.05, 3.63) is 72.3 Å². The number of nitriles is 1. The van der Waals surface area contributed by atoms with Crippen molar-refractivity contribution in [3.8, 4) is 6.07 Å². The van der Waals surface area contributed by atoms with Gasteiger partial charge in [-0.25, -0.2) is 9.97 Å². The molecular formula is C23H11N3. The monoisotopic (exact) mass is 329 g/mol. The van der Waals surface area contributed by atoms with Gasteiger partial charge in [-0.15, -0.1) is 0 Å². The molecule has 3 heteroatoms. The van der Waals surface area contributed by atoms with Gasteiger partial charge in [0, 0.05) is 10.8 Å². The Labute approximate surface area is 148 Å². The number of hydrogen-bond donors (Lipinski definition) is 0. The van der Waals surface area contributed by atoms with Crippen LogP contribution in [0.4, 0.5) is 0 Å². The molecule has 6 rings (SSSR count). The molecule has 0 atom stereocenters. The SMILES string of the molecule is N#Cc1ccc2nc3c4cccc5ccc6cccc(c3nc2c1)c6c54. The second kappa shape index (κ2) is 4.65. The maximum atomic E-state index is 9.19. The lowest BCUT2D eigenvalue weighted by molar-refractivity contribution is 1.40. The molecule has 0 saturated heterocycles. The Hall–Kier alpha value is -3.77. The molecule has 0 fully saturated rings. The summed E-state index contributed by atoms with van der Waals surface area (Å²) in [5, 5.41) is 16.3. The summed E-state index contributed by atoms with van der Waals surface area (Å²) < 4.78 is 0. The summed E-state index contributed by atoms with van der Waals surface area (Å²) in [4.78, 5) is 9.85. The molecular weight excluding hydrogens is 318 g/mol. The fraction of sp³-hybridized carbons (Fsp3) is 0. The third-order valence-corrected chi connectivity index (χ3v) is 5.19. The van der Waals surface area contributed by atoms with E-state index in [2.05, 4.69) is 54.6 Å². The molecule has 0 saturated carbocycles. The van der Waals surface area contributed by atoms with Crippen LogP contribution in [0.3, 0.4) is 0 Å². The van der Waals surface area contributed by atoms with Crippen molar-refractivity contribution in [2.24, 2.45) is 0 Å². The molecule has 3 nitrogen and oxygen atoms in total. The van der Waals surface area contributed by atoms with Crippen LogP contribution in [-0.2, 0) is 0 Å². The number of aromatic nitrogens is 2. The lowest BCUT2D eigenvalue weighted by atomic mass is 9.93. The van der Waals surface area contributed by atoms with E-state index >= 15 is 0 Å². The van der Waals surface area contributed by atoms with Crippen molar-refractivity contribution >= 4 is 54.4 Å². The molecule has 0 aliphatic rings. The first kappa shape index (κ1) is 13.5. The van der Waals surface area contributed by atoms with Crippen LogP contribution in [0.5, 0.6) is 0 Å². The third-order valence-electron chi connectivity index (χ3n) is 5.19. The molecule has 118 valence electrons. The Morgan fingerprint density at radius 3 is 1.88 bits per heavy atom. The van der Waals surface area contributed by atoms with Crippen molar-refractivity contribution in [2.75, 3.05) is 0 Å². The van der Waals surface area contributed by atoms with Crippen molar-refractivity contribution < 1.29 is 0 Å². The highest BCUT2D eigenvalue weighted by Crippen LogP contribution is 2.39. The van der Waals surface area contributed by atoms with E-state index in [1.54, 1.807) is 6.07 Å². The van der Waals surface area contributed by atoms with Crippen LogP contribution >= 0.6 is 0 Å². The molecule has 0 bridgehead atoms. The van der Waals surface area contributed by atoms with Crippen LogP contribution < -0.4 is 0 Å². The Morgan fingerprint density at radius 1 is 0.654 bits per heavy atom. The van der Waals surface area contributed by atoms with Gasteiger partial charge < -0.3 is 0 Å². The zero-order chi connectivity index (χ0) is 17.3. The summed E-state index contributed by atoms with van der Waals surface area (Å²) in [5.74, 6) is 0. The summed E-state index contributed by atoms with van der Waals surface area (Å²) >= 11 is 0. The van der Waals surface area contributed by atoms with Gasteiger partial charge in [-0.2, -0.15) is 5.26 Å². The minimum absolute atomic E-state index is 0.600. The van der Waals surface area contributed by atoms with Crippen LogP contribution in [0.2, 0.25) is 0 Å². The zero-order valence-corrected chi connectivity index (χ0v) is 13.7. The highest BCUT2D eigenvalue weighted by atomic mass is 14.8. The fourth-order valence-electron chi connectivity index (χ4n) is 4.05. The van der Waals surface area contributed by atoms with E-state index in [-0.39, 0.29) is 0 Å². The number of benzene rings is 5. The molecule has 0 spiro atoms. The first-order chi connectivity index (χ1) is 12.8. The van der Waals surface area contributed by atoms with Gasteiger partial charge in [-0.05, 0) is 39.7 Å². The van der Waals surface area contributed by atoms with Gasteiger partial charge in [0.25, 0.3) is 0 Å². The summed E-state index contributed by atoms with van der Waals surface area (Å²) in [5.41, 5.74) is 3.98. The van der Waals surface area contributed by atoms with Gasteiger partial charge in [-0.1, -0.05) is 48.5 Å². The van der Waals surface area contributed by atoms with Crippen molar-refractivity contribution in [1.29, 1.82) is 5.26 Å². The molecule has 0 amide bonds. The lowest BCUT2D eigenvalue weighted by Crippen LogP contribution is -1.93. The van der Waals surface area contributed by atoms with E-state index in [4.69, 9.17) is 9.97 Å². The number of rotatable bonds is 0.